The first-order valence-electron chi connectivity index (χ1n) is 6.58. The summed E-state index contributed by atoms with van der Waals surface area (Å²) < 4.78 is 11.1. The summed E-state index contributed by atoms with van der Waals surface area (Å²) in [4.78, 5) is 26.1. The number of carbonyl (C=O) groups is 2. The van der Waals surface area contributed by atoms with Gasteiger partial charge in [-0.3, -0.25) is 4.90 Å². The number of nitrogens with zero attached hydrogens (tertiary/aromatic N) is 1. The number of esters is 1. The fourth-order valence-corrected chi connectivity index (χ4v) is 2.80. The topological polar surface area (TPSA) is 55.8 Å². The van der Waals surface area contributed by atoms with E-state index in [9.17, 15) is 9.59 Å². The van der Waals surface area contributed by atoms with E-state index < -0.39 is 23.2 Å². The SMILES string of the molecule is CC(C)OC(=O)C1(CI)C=CCN1C(=O)OC(C)(C)C. The van der Waals surface area contributed by atoms with E-state index in [2.05, 4.69) is 22.6 Å². The Morgan fingerprint density at radius 1 is 1.40 bits per heavy atom. The van der Waals surface area contributed by atoms with E-state index in [-0.39, 0.29) is 6.10 Å². The van der Waals surface area contributed by atoms with Crippen LogP contribution in [-0.4, -0.2) is 45.2 Å². The standard InChI is InChI=1S/C14H22INO4/c1-10(2)19-11(17)14(9-15)7-6-8-16(14)12(18)20-13(3,4)5/h6-7,10H,8-9H2,1-5H3. The number of alkyl halides is 1. The molecule has 0 aromatic rings. The molecule has 0 bridgehead atoms. The average Bonchev–Trinajstić information content (AvgIpc) is 2.70. The van der Waals surface area contributed by atoms with E-state index in [4.69, 9.17) is 9.47 Å². The Balaban J connectivity index is 2.96. The summed E-state index contributed by atoms with van der Waals surface area (Å²) in [5, 5.41) is 0. The second kappa shape index (κ2) is 6.32. The molecule has 6 heteroatoms. The van der Waals surface area contributed by atoms with Gasteiger partial charge in [0.2, 0.25) is 0 Å². The summed E-state index contributed by atoms with van der Waals surface area (Å²) in [7, 11) is 0. The van der Waals surface area contributed by atoms with Gasteiger partial charge in [0.1, 0.15) is 5.60 Å². The smallest absolute Gasteiger partial charge is 0.411 e. The number of rotatable bonds is 3. The van der Waals surface area contributed by atoms with Crippen LogP contribution in [0.2, 0.25) is 0 Å². The highest BCUT2D eigenvalue weighted by Gasteiger charge is 2.49. The van der Waals surface area contributed by atoms with Crippen molar-refractivity contribution in [3.63, 3.8) is 0 Å². The molecule has 0 radical (unpaired) electrons. The number of ether oxygens (including phenoxy) is 2. The first kappa shape index (κ1) is 17.3. The van der Waals surface area contributed by atoms with Crippen LogP contribution in [0, 0.1) is 0 Å². The highest BCUT2D eigenvalue weighted by atomic mass is 127. The number of hydrogen-bond donors (Lipinski definition) is 0. The van der Waals surface area contributed by atoms with E-state index >= 15 is 0 Å². The number of amides is 1. The predicted molar refractivity (Wildman–Crippen MR) is 84.9 cm³/mol. The molecule has 0 saturated heterocycles. The van der Waals surface area contributed by atoms with Crippen LogP contribution in [0.4, 0.5) is 4.79 Å². The van der Waals surface area contributed by atoms with E-state index in [1.165, 1.54) is 4.90 Å². The van der Waals surface area contributed by atoms with Crippen molar-refractivity contribution in [3.8, 4) is 0 Å². The summed E-state index contributed by atoms with van der Waals surface area (Å²) in [5.41, 5.74) is -1.66. The Labute approximate surface area is 133 Å². The Morgan fingerprint density at radius 3 is 2.45 bits per heavy atom. The molecule has 0 aromatic carbocycles. The zero-order valence-corrected chi connectivity index (χ0v) is 14.8. The van der Waals surface area contributed by atoms with Gasteiger partial charge in [-0.25, -0.2) is 9.59 Å². The van der Waals surface area contributed by atoms with E-state index in [0.29, 0.717) is 11.0 Å². The van der Waals surface area contributed by atoms with Crippen LogP contribution in [-0.2, 0) is 14.3 Å². The van der Waals surface area contributed by atoms with Crippen LogP contribution in [0.1, 0.15) is 34.6 Å². The molecule has 0 spiro atoms. The first-order chi connectivity index (χ1) is 9.12. The van der Waals surface area contributed by atoms with E-state index in [1.807, 2.05) is 0 Å². The van der Waals surface area contributed by atoms with Gasteiger partial charge in [0.25, 0.3) is 0 Å². The van der Waals surface area contributed by atoms with Gasteiger partial charge < -0.3 is 9.47 Å². The Hall–Kier alpha value is -0.790. The lowest BCUT2D eigenvalue weighted by molar-refractivity contribution is -0.156. The van der Waals surface area contributed by atoms with Gasteiger partial charge in [-0.15, -0.1) is 0 Å². The van der Waals surface area contributed by atoms with Crippen molar-refractivity contribution >= 4 is 34.7 Å². The average molecular weight is 395 g/mol. The van der Waals surface area contributed by atoms with Crippen LogP contribution in [0.15, 0.2) is 12.2 Å². The van der Waals surface area contributed by atoms with Crippen molar-refractivity contribution < 1.29 is 19.1 Å². The molecule has 20 heavy (non-hydrogen) atoms. The van der Waals surface area contributed by atoms with Crippen LogP contribution in [0.5, 0.6) is 0 Å². The molecule has 1 heterocycles. The second-order valence-electron chi connectivity index (χ2n) is 6.01. The molecule has 0 aliphatic carbocycles. The highest BCUT2D eigenvalue weighted by molar-refractivity contribution is 14.1. The monoisotopic (exact) mass is 395 g/mol. The highest BCUT2D eigenvalue weighted by Crippen LogP contribution is 2.29. The lowest BCUT2D eigenvalue weighted by Crippen LogP contribution is -2.56. The van der Waals surface area contributed by atoms with Gasteiger partial charge in [0.15, 0.2) is 5.54 Å². The maximum absolute atomic E-state index is 12.4. The Morgan fingerprint density at radius 2 is 2.00 bits per heavy atom. The lowest BCUT2D eigenvalue weighted by atomic mass is 10.0. The van der Waals surface area contributed by atoms with Crippen LogP contribution >= 0.6 is 22.6 Å². The summed E-state index contributed by atoms with van der Waals surface area (Å²) in [6.45, 7) is 9.32. The molecule has 1 rings (SSSR count). The fourth-order valence-electron chi connectivity index (χ4n) is 1.83. The maximum Gasteiger partial charge on any atom is 0.411 e. The quantitative estimate of drug-likeness (QED) is 0.319. The predicted octanol–water partition coefficient (Wildman–Crippen LogP) is 2.92. The normalized spacial score (nSPS) is 22.2. The molecule has 0 N–H and O–H groups in total. The minimum absolute atomic E-state index is 0.225. The lowest BCUT2D eigenvalue weighted by Gasteiger charge is -2.35. The first-order valence-corrected chi connectivity index (χ1v) is 8.10. The van der Waals surface area contributed by atoms with Crippen LogP contribution < -0.4 is 0 Å². The molecule has 1 aliphatic heterocycles. The van der Waals surface area contributed by atoms with Gasteiger partial charge >= 0.3 is 12.1 Å². The second-order valence-corrected chi connectivity index (χ2v) is 6.77. The molecule has 1 unspecified atom stereocenters. The summed E-state index contributed by atoms with van der Waals surface area (Å²) in [6, 6.07) is 0. The molecule has 0 aromatic heterocycles. The third kappa shape index (κ3) is 3.86. The Bertz CT molecular complexity index is 414. The van der Waals surface area contributed by atoms with Crippen molar-refractivity contribution in [2.75, 3.05) is 11.0 Å². The van der Waals surface area contributed by atoms with Crippen molar-refractivity contribution in [2.24, 2.45) is 0 Å². The molecule has 5 nitrogen and oxygen atoms in total. The Kier molecular flexibility index (Phi) is 5.46. The number of carbonyl (C=O) groups excluding carboxylic acids is 2. The number of halogens is 1. The van der Waals surface area contributed by atoms with Crippen molar-refractivity contribution in [1.82, 2.24) is 4.90 Å². The van der Waals surface area contributed by atoms with Gasteiger partial charge in [-0.05, 0) is 40.7 Å². The van der Waals surface area contributed by atoms with E-state index in [1.54, 1.807) is 46.8 Å². The molecule has 0 fully saturated rings. The molecule has 114 valence electrons. The fraction of sp³-hybridized carbons (Fsp3) is 0.714. The van der Waals surface area contributed by atoms with Gasteiger partial charge in [0.05, 0.1) is 6.10 Å². The third-order valence-electron chi connectivity index (χ3n) is 2.68. The summed E-state index contributed by atoms with van der Waals surface area (Å²) in [5.74, 6) is -0.415. The van der Waals surface area contributed by atoms with E-state index in [0.717, 1.165) is 0 Å². The molecule has 0 saturated carbocycles. The zero-order valence-electron chi connectivity index (χ0n) is 12.6. The molecular weight excluding hydrogens is 373 g/mol. The van der Waals surface area contributed by atoms with Gasteiger partial charge in [0, 0.05) is 11.0 Å². The molecule has 1 aliphatic rings. The van der Waals surface area contributed by atoms with Crippen molar-refractivity contribution in [1.29, 1.82) is 0 Å². The van der Waals surface area contributed by atoms with Crippen molar-refractivity contribution in [3.05, 3.63) is 12.2 Å². The summed E-state index contributed by atoms with van der Waals surface area (Å²) >= 11 is 2.09. The van der Waals surface area contributed by atoms with Crippen molar-refractivity contribution in [2.45, 2.75) is 51.9 Å². The molecular formula is C14H22INO4. The van der Waals surface area contributed by atoms with Crippen LogP contribution in [0.3, 0.4) is 0 Å². The van der Waals surface area contributed by atoms with Gasteiger partial charge in [-0.1, -0.05) is 28.7 Å². The third-order valence-corrected chi connectivity index (χ3v) is 3.84. The van der Waals surface area contributed by atoms with Gasteiger partial charge in [-0.2, -0.15) is 0 Å². The maximum atomic E-state index is 12.4. The number of hydrogen-bond acceptors (Lipinski definition) is 4. The summed E-state index contributed by atoms with van der Waals surface area (Å²) in [6.07, 6.45) is 2.80. The minimum Gasteiger partial charge on any atom is -0.461 e. The minimum atomic E-state index is -1.06. The molecule has 1 amide bonds. The molecule has 1 atom stereocenters. The zero-order chi connectivity index (χ0) is 15.6. The van der Waals surface area contributed by atoms with Crippen LogP contribution in [0.25, 0.3) is 0 Å². The largest absolute Gasteiger partial charge is 0.461 e.